The van der Waals surface area contributed by atoms with Crippen LogP contribution in [0, 0.1) is 6.92 Å². The van der Waals surface area contributed by atoms with Crippen molar-refractivity contribution >= 4 is 34.5 Å². The summed E-state index contributed by atoms with van der Waals surface area (Å²) in [7, 11) is 0. The molecule has 0 aliphatic heterocycles. The van der Waals surface area contributed by atoms with Crippen LogP contribution in [0.3, 0.4) is 0 Å². The third kappa shape index (κ3) is 3.26. The Morgan fingerprint density at radius 3 is 2.38 bits per heavy atom. The first-order valence-corrected chi connectivity index (χ1v) is 8.08. The van der Waals surface area contributed by atoms with E-state index >= 15 is 0 Å². The molecule has 0 N–H and O–H groups in total. The minimum atomic E-state index is 0.634. The molecule has 0 unspecified atom stereocenters. The molecule has 2 aromatic heterocycles. The second kappa shape index (κ2) is 6.14. The maximum absolute atomic E-state index is 6.20. The van der Waals surface area contributed by atoms with Crippen molar-refractivity contribution in [2.24, 2.45) is 0 Å². The van der Waals surface area contributed by atoms with E-state index in [0.29, 0.717) is 16.5 Å². The van der Waals surface area contributed by atoms with Crippen LogP contribution >= 0.6 is 34.5 Å². The maximum atomic E-state index is 6.20. The first-order chi connectivity index (χ1) is 10.1. The lowest BCUT2D eigenvalue weighted by Crippen LogP contribution is -1.91. The number of hydrogen-bond acceptors (Lipinski definition) is 3. The van der Waals surface area contributed by atoms with Gasteiger partial charge in [0.2, 0.25) is 0 Å². The molecule has 0 bridgehead atoms. The van der Waals surface area contributed by atoms with Crippen molar-refractivity contribution in [1.82, 2.24) is 9.97 Å². The van der Waals surface area contributed by atoms with Gasteiger partial charge in [0.15, 0.2) is 0 Å². The number of rotatable bonds is 3. The summed E-state index contributed by atoms with van der Waals surface area (Å²) in [4.78, 5) is 9.13. The molecule has 2 nitrogen and oxygen atoms in total. The average Bonchev–Trinajstić information content (AvgIpc) is 2.92. The first-order valence-electron chi connectivity index (χ1n) is 6.45. The van der Waals surface area contributed by atoms with Gasteiger partial charge >= 0.3 is 0 Å². The number of thiazole rings is 1. The summed E-state index contributed by atoms with van der Waals surface area (Å²) in [6.45, 7) is 1.97. The lowest BCUT2D eigenvalue weighted by Gasteiger charge is -2.04. The smallest absolute Gasteiger partial charge is 0.0998 e. The first kappa shape index (κ1) is 14.5. The van der Waals surface area contributed by atoms with Crippen molar-refractivity contribution in [2.75, 3.05) is 0 Å². The maximum Gasteiger partial charge on any atom is 0.0998 e. The largest absolute Gasteiger partial charge is 0.251 e. The summed E-state index contributed by atoms with van der Waals surface area (Å²) in [5.41, 5.74) is 3.68. The number of nitrogens with zero attached hydrogens (tertiary/aromatic N) is 2. The molecule has 0 fully saturated rings. The lowest BCUT2D eigenvalue weighted by atomic mass is 10.1. The fraction of sp³-hybridized carbons (Fsp3) is 0.125. The molecule has 0 atom stereocenters. The summed E-state index contributed by atoms with van der Waals surface area (Å²) >= 11 is 14.0. The van der Waals surface area contributed by atoms with Crippen LogP contribution in [0.2, 0.25) is 10.0 Å². The zero-order valence-corrected chi connectivity index (χ0v) is 13.6. The summed E-state index contributed by atoms with van der Waals surface area (Å²) < 4.78 is 0. The Hall–Kier alpha value is -1.42. The predicted molar refractivity (Wildman–Crippen MR) is 89.4 cm³/mol. The van der Waals surface area contributed by atoms with Gasteiger partial charge in [-0.3, -0.25) is 4.98 Å². The minimum Gasteiger partial charge on any atom is -0.251 e. The molecule has 3 aromatic rings. The van der Waals surface area contributed by atoms with E-state index in [4.69, 9.17) is 23.2 Å². The van der Waals surface area contributed by atoms with Crippen molar-refractivity contribution in [3.05, 3.63) is 68.1 Å². The number of pyridine rings is 1. The molecule has 3 rings (SSSR count). The molecule has 0 aliphatic carbocycles. The average molecular weight is 335 g/mol. The molecule has 0 saturated carbocycles. The third-order valence-electron chi connectivity index (χ3n) is 3.09. The monoisotopic (exact) mass is 334 g/mol. The number of halogens is 2. The highest BCUT2D eigenvalue weighted by Crippen LogP contribution is 2.29. The van der Waals surface area contributed by atoms with Gasteiger partial charge in [-0.05, 0) is 36.8 Å². The molecule has 0 radical (unpaired) electrons. The topological polar surface area (TPSA) is 25.8 Å². The molecule has 5 heteroatoms. The molecule has 0 aliphatic rings. The van der Waals surface area contributed by atoms with Gasteiger partial charge in [-0.25, -0.2) is 4.98 Å². The third-order valence-corrected chi connectivity index (χ3v) is 4.65. The van der Waals surface area contributed by atoms with Crippen LogP contribution in [0.1, 0.15) is 16.3 Å². The van der Waals surface area contributed by atoms with E-state index < -0.39 is 0 Å². The van der Waals surface area contributed by atoms with Crippen LogP contribution in [0.15, 0.2) is 41.8 Å². The van der Waals surface area contributed by atoms with E-state index in [9.17, 15) is 0 Å². The Morgan fingerprint density at radius 1 is 0.952 bits per heavy atom. The molecular weight excluding hydrogens is 323 g/mol. The summed E-state index contributed by atoms with van der Waals surface area (Å²) in [5.74, 6) is 0. The zero-order valence-electron chi connectivity index (χ0n) is 11.3. The Morgan fingerprint density at radius 2 is 1.67 bits per heavy atom. The minimum absolute atomic E-state index is 0.634. The molecule has 106 valence electrons. The van der Waals surface area contributed by atoms with Gasteiger partial charge in [0, 0.05) is 27.5 Å². The molecule has 0 amide bonds. The standard InChI is InChI=1S/C16H12Cl2N2S/c1-10-4-2-7-14(19-10)15-9-21-16(20-15)8-11-12(17)5-3-6-13(11)18/h2-7,9H,8H2,1H3. The normalized spacial score (nSPS) is 10.8. The van der Waals surface area contributed by atoms with Gasteiger partial charge in [0.05, 0.1) is 16.4 Å². The number of aryl methyl sites for hydroxylation is 1. The van der Waals surface area contributed by atoms with Crippen molar-refractivity contribution in [3.63, 3.8) is 0 Å². The molecule has 0 spiro atoms. The Bertz CT molecular complexity index is 763. The Kier molecular flexibility index (Phi) is 4.24. The molecule has 21 heavy (non-hydrogen) atoms. The highest BCUT2D eigenvalue weighted by molar-refractivity contribution is 7.10. The van der Waals surface area contributed by atoms with Crippen molar-refractivity contribution < 1.29 is 0 Å². The lowest BCUT2D eigenvalue weighted by molar-refractivity contribution is 1.12. The number of benzene rings is 1. The SMILES string of the molecule is Cc1cccc(-c2csc(Cc3c(Cl)cccc3Cl)n2)n1. The highest BCUT2D eigenvalue weighted by Gasteiger charge is 2.11. The van der Waals surface area contributed by atoms with E-state index in [2.05, 4.69) is 9.97 Å². The van der Waals surface area contributed by atoms with Gasteiger partial charge in [0.25, 0.3) is 0 Å². The van der Waals surface area contributed by atoms with Gasteiger partial charge in [-0.15, -0.1) is 11.3 Å². The second-order valence-electron chi connectivity index (χ2n) is 4.67. The van der Waals surface area contributed by atoms with Crippen molar-refractivity contribution in [2.45, 2.75) is 13.3 Å². The molecule has 1 aromatic carbocycles. The molecular formula is C16H12Cl2N2S. The predicted octanol–water partition coefficient (Wildman–Crippen LogP) is 5.41. The van der Waals surface area contributed by atoms with Crippen LogP contribution in [-0.2, 0) is 6.42 Å². The fourth-order valence-electron chi connectivity index (χ4n) is 2.05. The van der Waals surface area contributed by atoms with E-state index in [-0.39, 0.29) is 0 Å². The summed E-state index contributed by atoms with van der Waals surface area (Å²) in [5, 5.41) is 4.34. The van der Waals surface area contributed by atoms with Gasteiger partial charge in [0.1, 0.15) is 0 Å². The van der Waals surface area contributed by atoms with E-state index in [0.717, 1.165) is 27.7 Å². The van der Waals surface area contributed by atoms with Crippen molar-refractivity contribution in [3.8, 4) is 11.4 Å². The Balaban J connectivity index is 1.89. The van der Waals surface area contributed by atoms with Gasteiger partial charge < -0.3 is 0 Å². The van der Waals surface area contributed by atoms with Crippen LogP contribution in [-0.4, -0.2) is 9.97 Å². The summed E-state index contributed by atoms with van der Waals surface area (Å²) in [6.07, 6.45) is 0.634. The van der Waals surface area contributed by atoms with Crippen LogP contribution in [0.5, 0.6) is 0 Å². The number of aromatic nitrogens is 2. The van der Waals surface area contributed by atoms with Gasteiger partial charge in [-0.1, -0.05) is 35.3 Å². The van der Waals surface area contributed by atoms with E-state index in [1.54, 1.807) is 11.3 Å². The van der Waals surface area contributed by atoms with Crippen LogP contribution in [0.4, 0.5) is 0 Å². The zero-order chi connectivity index (χ0) is 14.8. The summed E-state index contributed by atoms with van der Waals surface area (Å²) in [6, 6.07) is 11.5. The highest BCUT2D eigenvalue weighted by atomic mass is 35.5. The Labute approximate surface area is 137 Å². The van der Waals surface area contributed by atoms with Crippen LogP contribution in [0.25, 0.3) is 11.4 Å². The quantitative estimate of drug-likeness (QED) is 0.639. The van der Waals surface area contributed by atoms with E-state index in [1.165, 1.54) is 0 Å². The van der Waals surface area contributed by atoms with E-state index in [1.807, 2.05) is 48.7 Å². The van der Waals surface area contributed by atoms with Crippen LogP contribution < -0.4 is 0 Å². The second-order valence-corrected chi connectivity index (χ2v) is 6.42. The fourth-order valence-corrected chi connectivity index (χ4v) is 3.38. The van der Waals surface area contributed by atoms with Crippen molar-refractivity contribution in [1.29, 1.82) is 0 Å². The number of hydrogen-bond donors (Lipinski definition) is 0. The molecule has 0 saturated heterocycles. The molecule has 2 heterocycles. The van der Waals surface area contributed by atoms with Gasteiger partial charge in [-0.2, -0.15) is 0 Å².